The topological polar surface area (TPSA) is 57.3 Å². The number of nitrogens with zero attached hydrogens (tertiary/aromatic N) is 2. The van der Waals surface area contributed by atoms with Gasteiger partial charge in [-0.2, -0.15) is 0 Å². The third-order valence-electron chi connectivity index (χ3n) is 2.98. The summed E-state index contributed by atoms with van der Waals surface area (Å²) in [5, 5.41) is 6.46. The molecule has 112 valence electrons. The monoisotopic (exact) mass is 298 g/mol. The molecule has 0 aromatic carbocycles. The highest BCUT2D eigenvalue weighted by Gasteiger charge is 2.15. The van der Waals surface area contributed by atoms with Crippen molar-refractivity contribution in [2.45, 2.75) is 20.4 Å². The molecule has 5 nitrogen and oxygen atoms in total. The number of pyridine rings is 1. The van der Waals surface area contributed by atoms with Crippen molar-refractivity contribution < 1.29 is 4.79 Å². The molecule has 1 unspecified atom stereocenters. The van der Waals surface area contributed by atoms with Crippen molar-refractivity contribution in [2.24, 2.45) is 5.92 Å². The van der Waals surface area contributed by atoms with E-state index in [9.17, 15) is 4.79 Å². The molecule has 0 saturated heterocycles. The van der Waals surface area contributed by atoms with Crippen LogP contribution >= 0.6 is 11.6 Å². The minimum Gasteiger partial charge on any atom is -0.370 e. The van der Waals surface area contributed by atoms with Gasteiger partial charge in [0.1, 0.15) is 5.82 Å². The zero-order chi connectivity index (χ0) is 15.1. The van der Waals surface area contributed by atoms with Crippen molar-refractivity contribution in [2.75, 3.05) is 32.5 Å². The number of carbonyl (C=O) groups excluding carboxylic acids is 1. The SMILES string of the molecule is CCNc1ccc(Cl)c(CN(C)CC(C)C(=O)NC)n1. The van der Waals surface area contributed by atoms with Crippen LogP contribution in [0.1, 0.15) is 19.5 Å². The van der Waals surface area contributed by atoms with Gasteiger partial charge >= 0.3 is 0 Å². The van der Waals surface area contributed by atoms with Gasteiger partial charge in [0.2, 0.25) is 5.91 Å². The molecule has 1 atom stereocenters. The van der Waals surface area contributed by atoms with Crippen LogP contribution in [0.2, 0.25) is 5.02 Å². The maximum absolute atomic E-state index is 11.5. The Morgan fingerprint density at radius 3 is 2.80 bits per heavy atom. The van der Waals surface area contributed by atoms with Gasteiger partial charge in [0, 0.05) is 32.6 Å². The number of aromatic nitrogens is 1. The average molecular weight is 299 g/mol. The van der Waals surface area contributed by atoms with Gasteiger partial charge in [-0.05, 0) is 26.1 Å². The third kappa shape index (κ3) is 4.98. The molecule has 0 aliphatic carbocycles. The van der Waals surface area contributed by atoms with E-state index in [1.807, 2.05) is 37.9 Å². The molecule has 1 rings (SSSR count). The summed E-state index contributed by atoms with van der Waals surface area (Å²) in [6.07, 6.45) is 0. The van der Waals surface area contributed by atoms with Gasteiger partial charge in [-0.3, -0.25) is 9.69 Å². The standard InChI is InChI=1S/C14H23ClN4O/c1-5-17-13-7-6-11(15)12(18-13)9-19(4)8-10(2)14(20)16-3/h6-7,10H,5,8-9H2,1-4H3,(H,16,20)(H,17,18). The van der Waals surface area contributed by atoms with Gasteiger partial charge in [0.25, 0.3) is 0 Å². The van der Waals surface area contributed by atoms with Crippen molar-refractivity contribution >= 4 is 23.3 Å². The first kappa shape index (κ1) is 16.7. The molecule has 1 amide bonds. The van der Waals surface area contributed by atoms with Crippen LogP contribution in [0, 0.1) is 5.92 Å². The summed E-state index contributed by atoms with van der Waals surface area (Å²) in [5.74, 6) is 0.790. The predicted octanol–water partition coefficient (Wildman–Crippen LogP) is 1.98. The summed E-state index contributed by atoms with van der Waals surface area (Å²) in [6, 6.07) is 3.71. The minimum atomic E-state index is -0.0688. The second-order valence-corrected chi connectivity index (χ2v) is 5.27. The third-order valence-corrected chi connectivity index (χ3v) is 3.32. The summed E-state index contributed by atoms with van der Waals surface area (Å²) in [4.78, 5) is 18.1. The molecule has 1 aromatic rings. The van der Waals surface area contributed by atoms with Crippen molar-refractivity contribution in [1.29, 1.82) is 0 Å². The van der Waals surface area contributed by atoms with Crippen molar-refractivity contribution in [3.05, 3.63) is 22.8 Å². The zero-order valence-electron chi connectivity index (χ0n) is 12.5. The largest absolute Gasteiger partial charge is 0.370 e. The van der Waals surface area contributed by atoms with Gasteiger partial charge in [-0.25, -0.2) is 4.98 Å². The first-order valence-electron chi connectivity index (χ1n) is 6.77. The number of anilines is 1. The smallest absolute Gasteiger partial charge is 0.223 e. The fourth-order valence-corrected chi connectivity index (χ4v) is 2.16. The Hall–Kier alpha value is -1.33. The summed E-state index contributed by atoms with van der Waals surface area (Å²) in [6.45, 7) is 6.01. The van der Waals surface area contributed by atoms with Crippen LogP contribution in [0.4, 0.5) is 5.82 Å². The van der Waals surface area contributed by atoms with E-state index < -0.39 is 0 Å². The van der Waals surface area contributed by atoms with E-state index >= 15 is 0 Å². The first-order chi connectivity index (χ1) is 9.47. The first-order valence-corrected chi connectivity index (χ1v) is 7.15. The Labute approximate surface area is 125 Å². The van der Waals surface area contributed by atoms with Crippen LogP contribution in [0.5, 0.6) is 0 Å². The number of rotatable bonds is 7. The minimum absolute atomic E-state index is 0.0392. The van der Waals surface area contributed by atoms with Gasteiger partial charge in [-0.1, -0.05) is 18.5 Å². The number of carbonyl (C=O) groups is 1. The van der Waals surface area contributed by atoms with Crippen LogP contribution in [0.15, 0.2) is 12.1 Å². The van der Waals surface area contributed by atoms with Gasteiger partial charge < -0.3 is 10.6 Å². The van der Waals surface area contributed by atoms with Crippen LogP contribution in [-0.2, 0) is 11.3 Å². The molecule has 20 heavy (non-hydrogen) atoms. The summed E-state index contributed by atoms with van der Waals surface area (Å²) < 4.78 is 0. The Balaban J connectivity index is 2.67. The Morgan fingerprint density at radius 2 is 2.20 bits per heavy atom. The van der Waals surface area contributed by atoms with Crippen molar-refractivity contribution in [1.82, 2.24) is 15.2 Å². The fraction of sp³-hybridized carbons (Fsp3) is 0.571. The van der Waals surface area contributed by atoms with Gasteiger partial charge in [0.15, 0.2) is 0 Å². The molecule has 1 aromatic heterocycles. The molecule has 0 spiro atoms. The van der Waals surface area contributed by atoms with Crippen LogP contribution in [-0.4, -0.2) is 43.0 Å². The molecular formula is C14H23ClN4O. The average Bonchev–Trinajstić information content (AvgIpc) is 2.41. The Morgan fingerprint density at radius 1 is 1.50 bits per heavy atom. The Bertz CT molecular complexity index is 453. The van der Waals surface area contributed by atoms with E-state index in [-0.39, 0.29) is 11.8 Å². The predicted molar refractivity (Wildman–Crippen MR) is 83.0 cm³/mol. The molecule has 1 heterocycles. The second-order valence-electron chi connectivity index (χ2n) is 4.87. The normalized spacial score (nSPS) is 12.3. The molecular weight excluding hydrogens is 276 g/mol. The summed E-state index contributed by atoms with van der Waals surface area (Å²) >= 11 is 6.17. The summed E-state index contributed by atoms with van der Waals surface area (Å²) in [5.41, 5.74) is 0.816. The lowest BCUT2D eigenvalue weighted by Gasteiger charge is -2.20. The lowest BCUT2D eigenvalue weighted by Crippen LogP contribution is -2.34. The van der Waals surface area contributed by atoms with E-state index in [0.29, 0.717) is 18.1 Å². The van der Waals surface area contributed by atoms with Gasteiger partial charge in [-0.15, -0.1) is 0 Å². The number of halogens is 1. The fourth-order valence-electron chi connectivity index (χ4n) is 1.99. The number of nitrogens with one attached hydrogen (secondary N) is 2. The molecule has 0 aliphatic rings. The molecule has 0 fully saturated rings. The van der Waals surface area contributed by atoms with Crippen molar-refractivity contribution in [3.8, 4) is 0 Å². The molecule has 0 saturated carbocycles. The highest BCUT2D eigenvalue weighted by atomic mass is 35.5. The maximum Gasteiger partial charge on any atom is 0.223 e. The Kier molecular flexibility index (Phi) is 6.75. The summed E-state index contributed by atoms with van der Waals surface area (Å²) in [7, 11) is 3.61. The van der Waals surface area contributed by atoms with E-state index in [4.69, 9.17) is 11.6 Å². The molecule has 0 aliphatic heterocycles. The highest BCUT2D eigenvalue weighted by Crippen LogP contribution is 2.18. The maximum atomic E-state index is 11.5. The second kappa shape index (κ2) is 8.07. The molecule has 6 heteroatoms. The zero-order valence-corrected chi connectivity index (χ0v) is 13.3. The van der Waals surface area contributed by atoms with E-state index in [1.54, 1.807) is 7.05 Å². The van der Waals surface area contributed by atoms with Crippen molar-refractivity contribution in [3.63, 3.8) is 0 Å². The van der Waals surface area contributed by atoms with Crippen LogP contribution in [0.25, 0.3) is 0 Å². The molecule has 0 radical (unpaired) electrons. The van der Waals surface area contributed by atoms with Gasteiger partial charge in [0.05, 0.1) is 10.7 Å². The lowest BCUT2D eigenvalue weighted by atomic mass is 10.1. The van der Waals surface area contributed by atoms with Crippen LogP contribution < -0.4 is 10.6 Å². The number of amides is 1. The van der Waals surface area contributed by atoms with E-state index in [1.165, 1.54) is 0 Å². The molecule has 0 bridgehead atoms. The van der Waals surface area contributed by atoms with E-state index in [2.05, 4.69) is 15.6 Å². The number of hydrogen-bond acceptors (Lipinski definition) is 4. The lowest BCUT2D eigenvalue weighted by molar-refractivity contribution is -0.124. The highest BCUT2D eigenvalue weighted by molar-refractivity contribution is 6.31. The molecule has 2 N–H and O–H groups in total. The van der Waals surface area contributed by atoms with Crippen LogP contribution in [0.3, 0.4) is 0 Å². The quantitative estimate of drug-likeness (QED) is 0.808. The van der Waals surface area contributed by atoms with E-state index in [0.717, 1.165) is 18.1 Å². The number of hydrogen-bond donors (Lipinski definition) is 2.